The van der Waals surface area contributed by atoms with E-state index in [1.807, 2.05) is 27.7 Å². The van der Waals surface area contributed by atoms with Gasteiger partial charge in [-0.2, -0.15) is 0 Å². The number of nitrogens with zero attached hydrogens (tertiary/aromatic N) is 3. The number of carbonyl (C=O) groups excluding carboxylic acids is 4. The van der Waals surface area contributed by atoms with Crippen molar-refractivity contribution in [2.75, 3.05) is 33.8 Å². The van der Waals surface area contributed by atoms with Gasteiger partial charge in [0.2, 0.25) is 23.6 Å². The number of aliphatic hydroxyl groups is 4. The lowest BCUT2D eigenvalue weighted by atomic mass is 9.94. The predicted octanol–water partition coefficient (Wildman–Crippen LogP) is 2.60. The van der Waals surface area contributed by atoms with Crippen LogP contribution in [0, 0.1) is 23.5 Å². The summed E-state index contributed by atoms with van der Waals surface area (Å²) in [7, 11) is 3.32. The summed E-state index contributed by atoms with van der Waals surface area (Å²) in [6, 6.07) is 4.70. The van der Waals surface area contributed by atoms with Crippen LogP contribution in [0.15, 0.2) is 36.4 Å². The van der Waals surface area contributed by atoms with E-state index in [4.69, 9.17) is 4.74 Å². The number of aromatic amines is 1. The van der Waals surface area contributed by atoms with Gasteiger partial charge in [0.25, 0.3) is 0 Å². The van der Waals surface area contributed by atoms with Crippen LogP contribution >= 0.6 is 0 Å². The number of rotatable bonds is 17. The minimum absolute atomic E-state index is 0.134. The Morgan fingerprint density at radius 3 is 1.74 bits per heavy atom. The van der Waals surface area contributed by atoms with Crippen molar-refractivity contribution in [3.05, 3.63) is 59.2 Å². The standard InChI is InChI=1S/C50H70F2N8O9/c1-24(2)39(56-46(65)26(5)53-7)48(67)58-17-9-11-30(58)21-34-32-19-28(51)13-15-36(32)55-41(34)42-35(22-31-12-10-18-59(31)49(68)40(25(3)4)57-47(66)27(6)54-8)33-20-29(52)14-16-37(33)60(42)50-45(64)44(63)43(62)38(23-61)69-50/h13-16,19-20,24-27,30-31,38-40,43-45,50,53-55,61-64H,9-12,17-18,21-23H2,1-8H3,(H,56,65)(H,57,66)/t26-,27-,30-,31-,38+,39-,40-,43-,44-,45+,50?/m0/s1. The number of fused-ring (bicyclic) bond motifs is 2. The zero-order valence-electron chi connectivity index (χ0n) is 40.8. The number of nitrogens with one attached hydrogen (secondary N) is 5. The third kappa shape index (κ3) is 10.3. The molecule has 0 aliphatic carbocycles. The molecule has 3 aliphatic heterocycles. The smallest absolute Gasteiger partial charge is 0.245 e. The van der Waals surface area contributed by atoms with Crippen LogP contribution in [-0.4, -0.2) is 158 Å². The Morgan fingerprint density at radius 1 is 0.725 bits per heavy atom. The molecule has 4 amide bonds. The lowest BCUT2D eigenvalue weighted by Gasteiger charge is -2.41. The van der Waals surface area contributed by atoms with Gasteiger partial charge in [-0.15, -0.1) is 0 Å². The number of halogens is 2. The molecule has 2 aromatic carbocycles. The van der Waals surface area contributed by atoms with E-state index in [0.29, 0.717) is 83.1 Å². The number of likely N-dealkylation sites (tertiary alicyclic amines) is 2. The third-order valence-electron chi connectivity index (χ3n) is 14.6. The largest absolute Gasteiger partial charge is 0.394 e. The van der Waals surface area contributed by atoms with Crippen molar-refractivity contribution >= 4 is 45.4 Å². The number of benzene rings is 2. The van der Waals surface area contributed by atoms with E-state index in [0.717, 1.165) is 0 Å². The number of H-pyrrole nitrogens is 1. The van der Waals surface area contributed by atoms with Gasteiger partial charge in [-0.3, -0.25) is 19.2 Å². The molecular weight excluding hydrogens is 895 g/mol. The Balaban J connectivity index is 1.42. The Kier molecular flexibility index (Phi) is 16.2. The van der Waals surface area contributed by atoms with Crippen molar-refractivity contribution in [3.8, 4) is 11.4 Å². The molecule has 3 saturated heterocycles. The van der Waals surface area contributed by atoms with E-state index in [-0.39, 0.29) is 48.3 Å². The zero-order valence-corrected chi connectivity index (χ0v) is 40.8. The second-order valence-corrected chi connectivity index (χ2v) is 19.8. The van der Waals surface area contributed by atoms with E-state index in [1.165, 1.54) is 30.3 Å². The van der Waals surface area contributed by atoms with Crippen molar-refractivity contribution in [1.29, 1.82) is 0 Å². The number of ether oxygens (including phenoxy) is 1. The van der Waals surface area contributed by atoms with E-state index in [2.05, 4.69) is 26.3 Å². The maximum Gasteiger partial charge on any atom is 0.245 e. The number of aromatic nitrogens is 2. The highest BCUT2D eigenvalue weighted by molar-refractivity contribution is 5.98. The SMILES string of the molecule is CN[C@@H](C)C(=O)N[C@H](C(=O)N1CCC[C@H]1Cc1c(-c2c(C[C@@H]3CCCN3C(=O)[C@@H](NC(=O)[C@H](C)NC)C(C)C)c3cc(F)ccc3n2C2O[C@H](CO)[C@H](O)[C@H](O)[C@H]2O)[nH]c2ccc(F)cc12)C(C)C. The summed E-state index contributed by atoms with van der Waals surface area (Å²) in [4.78, 5) is 62.5. The topological polar surface area (TPSA) is 234 Å². The molecule has 378 valence electrons. The summed E-state index contributed by atoms with van der Waals surface area (Å²) in [6.45, 7) is 10.9. The summed E-state index contributed by atoms with van der Waals surface area (Å²) in [6.07, 6.45) is -5.33. The van der Waals surface area contributed by atoms with Crippen LogP contribution in [-0.2, 0) is 36.8 Å². The van der Waals surface area contributed by atoms with Gasteiger partial charge in [0.05, 0.1) is 35.6 Å². The summed E-state index contributed by atoms with van der Waals surface area (Å²) >= 11 is 0. The average Bonchev–Trinajstić information content (AvgIpc) is 4.13. The molecule has 9 N–H and O–H groups in total. The molecule has 1 unspecified atom stereocenters. The first-order valence-electron chi connectivity index (χ1n) is 24.3. The highest BCUT2D eigenvalue weighted by atomic mass is 19.1. The fraction of sp³-hybridized carbons (Fsp3) is 0.600. The van der Waals surface area contributed by atoms with Crippen LogP contribution < -0.4 is 21.3 Å². The van der Waals surface area contributed by atoms with Crippen molar-refractivity contribution in [2.24, 2.45) is 11.8 Å². The van der Waals surface area contributed by atoms with E-state index in [9.17, 15) is 39.6 Å². The molecule has 11 atom stereocenters. The molecule has 2 aromatic heterocycles. The molecule has 0 bridgehead atoms. The minimum Gasteiger partial charge on any atom is -0.394 e. The molecule has 3 aliphatic rings. The summed E-state index contributed by atoms with van der Waals surface area (Å²) < 4.78 is 39.2. The molecule has 4 aromatic rings. The van der Waals surface area contributed by atoms with Crippen molar-refractivity contribution in [2.45, 2.75) is 147 Å². The zero-order chi connectivity index (χ0) is 50.2. The first kappa shape index (κ1) is 51.8. The molecule has 0 saturated carbocycles. The lowest BCUT2D eigenvalue weighted by Crippen LogP contribution is -2.56. The molecule has 7 rings (SSSR count). The van der Waals surface area contributed by atoms with Gasteiger partial charge in [0.1, 0.15) is 48.1 Å². The Labute approximate surface area is 401 Å². The van der Waals surface area contributed by atoms with Gasteiger partial charge < -0.3 is 65.8 Å². The normalized spacial score (nSPS) is 24.9. The van der Waals surface area contributed by atoms with Gasteiger partial charge >= 0.3 is 0 Å². The molecule has 69 heavy (non-hydrogen) atoms. The van der Waals surface area contributed by atoms with Gasteiger partial charge in [-0.1, -0.05) is 27.7 Å². The van der Waals surface area contributed by atoms with Gasteiger partial charge in [0.15, 0.2) is 6.23 Å². The van der Waals surface area contributed by atoms with Gasteiger partial charge in [-0.05, 0) is 126 Å². The van der Waals surface area contributed by atoms with E-state index in [1.54, 1.807) is 48.4 Å². The third-order valence-corrected chi connectivity index (χ3v) is 14.6. The van der Waals surface area contributed by atoms with Crippen molar-refractivity contribution in [1.82, 2.24) is 40.6 Å². The van der Waals surface area contributed by atoms with Gasteiger partial charge in [-0.25, -0.2) is 8.78 Å². The van der Waals surface area contributed by atoms with E-state index >= 15 is 8.78 Å². The Hall–Kier alpha value is -5.02. The number of carbonyl (C=O) groups is 4. The van der Waals surface area contributed by atoms with Crippen LogP contribution in [0.1, 0.15) is 84.6 Å². The minimum atomic E-state index is -1.79. The molecule has 0 spiro atoms. The summed E-state index contributed by atoms with van der Waals surface area (Å²) in [5.74, 6) is -2.84. The fourth-order valence-electron chi connectivity index (χ4n) is 10.4. The molecule has 3 fully saturated rings. The van der Waals surface area contributed by atoms with Crippen LogP contribution in [0.4, 0.5) is 8.78 Å². The number of amides is 4. The van der Waals surface area contributed by atoms with Crippen LogP contribution in [0.5, 0.6) is 0 Å². The number of likely N-dealkylation sites (N-methyl/N-ethyl adjacent to an activating group) is 2. The highest BCUT2D eigenvalue weighted by Crippen LogP contribution is 2.45. The van der Waals surface area contributed by atoms with Crippen LogP contribution in [0.3, 0.4) is 0 Å². The van der Waals surface area contributed by atoms with Crippen LogP contribution in [0.25, 0.3) is 33.2 Å². The maximum absolute atomic E-state index is 15.8. The molecular formula is C50H70F2N8O9. The predicted molar refractivity (Wildman–Crippen MR) is 256 cm³/mol. The first-order chi connectivity index (χ1) is 32.8. The Bertz CT molecular complexity index is 2510. The highest BCUT2D eigenvalue weighted by Gasteiger charge is 2.47. The monoisotopic (exact) mass is 965 g/mol. The fourth-order valence-corrected chi connectivity index (χ4v) is 10.4. The summed E-state index contributed by atoms with van der Waals surface area (Å²) in [5, 5.41) is 57.0. The second kappa shape index (κ2) is 21.5. The van der Waals surface area contributed by atoms with Crippen LogP contribution in [0.2, 0.25) is 0 Å². The molecule has 0 radical (unpaired) electrons. The number of hydrogen-bond donors (Lipinski definition) is 9. The van der Waals surface area contributed by atoms with Crippen molar-refractivity contribution in [3.63, 3.8) is 0 Å². The average molecular weight is 965 g/mol. The number of aliphatic hydroxyl groups excluding tert-OH is 4. The van der Waals surface area contributed by atoms with Crippen molar-refractivity contribution < 1.29 is 53.1 Å². The Morgan fingerprint density at radius 2 is 1.23 bits per heavy atom. The lowest BCUT2D eigenvalue weighted by molar-refractivity contribution is -0.249. The maximum atomic E-state index is 15.8. The molecule has 19 heteroatoms. The van der Waals surface area contributed by atoms with E-state index < -0.39 is 85.1 Å². The van der Waals surface area contributed by atoms with Gasteiger partial charge in [0, 0.05) is 41.5 Å². The second-order valence-electron chi connectivity index (χ2n) is 19.8. The molecule has 17 nitrogen and oxygen atoms in total. The molecule has 5 heterocycles. The quantitative estimate of drug-likeness (QED) is 0.0747. The summed E-state index contributed by atoms with van der Waals surface area (Å²) in [5.41, 5.74) is 2.76. The number of hydrogen-bond acceptors (Lipinski definition) is 11. The first-order valence-corrected chi connectivity index (χ1v) is 24.3.